The number of hydrogen-bond acceptors (Lipinski definition) is 3. The molecule has 2 aromatic rings. The normalized spacial score (nSPS) is 20.1. The van der Waals surface area contributed by atoms with Crippen molar-refractivity contribution in [3.63, 3.8) is 0 Å². The molecule has 0 aliphatic carbocycles. The zero-order chi connectivity index (χ0) is 11.8. The van der Waals surface area contributed by atoms with E-state index in [9.17, 15) is 9.90 Å². The third-order valence-corrected chi connectivity index (χ3v) is 4.08. The van der Waals surface area contributed by atoms with Crippen molar-refractivity contribution in [2.45, 2.75) is 25.5 Å². The lowest BCUT2D eigenvalue weighted by Crippen LogP contribution is -2.18. The molecular weight excluding hydrogens is 238 g/mol. The molecule has 17 heavy (non-hydrogen) atoms. The summed E-state index contributed by atoms with van der Waals surface area (Å²) in [6, 6.07) is 3.70. The van der Waals surface area contributed by atoms with Gasteiger partial charge in [0.05, 0.1) is 12.6 Å². The van der Waals surface area contributed by atoms with Crippen LogP contribution in [0.25, 0.3) is 10.2 Å². The first kappa shape index (κ1) is 10.8. The summed E-state index contributed by atoms with van der Waals surface area (Å²) in [6.45, 7) is 1.44. The number of rotatable bonds is 3. The average molecular weight is 251 g/mol. The van der Waals surface area contributed by atoms with Crippen molar-refractivity contribution in [2.24, 2.45) is 0 Å². The van der Waals surface area contributed by atoms with Crippen LogP contribution >= 0.6 is 11.3 Å². The number of fused-ring (bicyclic) bond motifs is 1. The third-order valence-electron chi connectivity index (χ3n) is 3.13. The van der Waals surface area contributed by atoms with Crippen molar-refractivity contribution in [3.8, 4) is 0 Å². The minimum atomic E-state index is -0.869. The van der Waals surface area contributed by atoms with Gasteiger partial charge in [0.25, 0.3) is 0 Å². The number of thiophene rings is 1. The summed E-state index contributed by atoms with van der Waals surface area (Å²) >= 11 is 1.58. The van der Waals surface area contributed by atoms with Crippen LogP contribution in [0.4, 0.5) is 0 Å². The monoisotopic (exact) mass is 251 g/mol. The van der Waals surface area contributed by atoms with Crippen molar-refractivity contribution < 1.29 is 14.6 Å². The summed E-state index contributed by atoms with van der Waals surface area (Å²) < 4.78 is 7.45. The van der Waals surface area contributed by atoms with Gasteiger partial charge in [-0.2, -0.15) is 0 Å². The molecule has 1 saturated heterocycles. The molecule has 1 unspecified atom stereocenters. The Balaban J connectivity index is 2.01. The second kappa shape index (κ2) is 4.16. The van der Waals surface area contributed by atoms with Crippen LogP contribution in [0.5, 0.6) is 0 Å². The Hall–Kier alpha value is -1.33. The second-order valence-corrected chi connectivity index (χ2v) is 5.16. The zero-order valence-corrected chi connectivity index (χ0v) is 10.1. The van der Waals surface area contributed by atoms with E-state index in [4.69, 9.17) is 4.74 Å². The van der Waals surface area contributed by atoms with Crippen LogP contribution in [0, 0.1) is 0 Å². The molecule has 0 radical (unpaired) electrons. The van der Waals surface area contributed by atoms with Gasteiger partial charge in [-0.3, -0.25) is 0 Å². The molecule has 1 fully saturated rings. The Kier molecular flexibility index (Phi) is 2.64. The van der Waals surface area contributed by atoms with Crippen LogP contribution in [0.15, 0.2) is 17.5 Å². The number of ether oxygens (including phenoxy) is 1. The molecule has 3 heterocycles. The first-order valence-corrected chi connectivity index (χ1v) is 6.55. The van der Waals surface area contributed by atoms with Gasteiger partial charge in [0, 0.05) is 12.0 Å². The SMILES string of the molecule is O=C(O)c1cc2ccsc2n1CC1CCCO1. The number of hydrogen-bond donors (Lipinski definition) is 1. The number of nitrogens with zero attached hydrogens (tertiary/aromatic N) is 1. The summed E-state index contributed by atoms with van der Waals surface area (Å²) in [7, 11) is 0. The van der Waals surface area contributed by atoms with Crippen molar-refractivity contribution >= 4 is 27.5 Å². The van der Waals surface area contributed by atoms with E-state index in [0.29, 0.717) is 12.2 Å². The van der Waals surface area contributed by atoms with E-state index in [0.717, 1.165) is 29.7 Å². The quantitative estimate of drug-likeness (QED) is 0.912. The van der Waals surface area contributed by atoms with Gasteiger partial charge in [-0.05, 0) is 30.4 Å². The highest BCUT2D eigenvalue weighted by atomic mass is 32.1. The fraction of sp³-hybridized carbons (Fsp3) is 0.417. The van der Waals surface area contributed by atoms with Crippen molar-refractivity contribution in [1.82, 2.24) is 4.57 Å². The largest absolute Gasteiger partial charge is 0.477 e. The van der Waals surface area contributed by atoms with Gasteiger partial charge in [0.2, 0.25) is 0 Å². The molecule has 5 heteroatoms. The number of carboxylic acids is 1. The van der Waals surface area contributed by atoms with E-state index in [1.807, 2.05) is 16.0 Å². The van der Waals surface area contributed by atoms with Crippen LogP contribution in [0.3, 0.4) is 0 Å². The highest BCUT2D eigenvalue weighted by Crippen LogP contribution is 2.27. The maximum absolute atomic E-state index is 11.2. The maximum atomic E-state index is 11.2. The molecule has 1 N–H and O–H groups in total. The van der Waals surface area contributed by atoms with Crippen LogP contribution in [-0.4, -0.2) is 28.4 Å². The standard InChI is InChI=1S/C12H13NO3S/c14-12(15)10-6-8-3-5-17-11(8)13(10)7-9-2-1-4-16-9/h3,5-6,9H,1-2,4,7H2,(H,14,15). The highest BCUT2D eigenvalue weighted by molar-refractivity contribution is 7.16. The molecule has 1 aliphatic rings. The molecule has 0 saturated carbocycles. The first-order chi connectivity index (χ1) is 8.25. The summed E-state index contributed by atoms with van der Waals surface area (Å²) in [5.41, 5.74) is 0.363. The van der Waals surface area contributed by atoms with E-state index in [2.05, 4.69) is 0 Å². The molecular formula is C12H13NO3S. The predicted octanol–water partition coefficient (Wildman–Crippen LogP) is 2.58. The van der Waals surface area contributed by atoms with Gasteiger partial charge in [0.1, 0.15) is 10.5 Å². The summed E-state index contributed by atoms with van der Waals surface area (Å²) in [5.74, 6) is -0.869. The van der Waals surface area contributed by atoms with Crippen LogP contribution < -0.4 is 0 Å². The maximum Gasteiger partial charge on any atom is 0.352 e. The van der Waals surface area contributed by atoms with Gasteiger partial charge in [-0.25, -0.2) is 4.79 Å². The number of carboxylic acid groups (broad SMARTS) is 1. The molecule has 90 valence electrons. The van der Waals surface area contributed by atoms with Crippen LogP contribution in [0.2, 0.25) is 0 Å². The lowest BCUT2D eigenvalue weighted by Gasteiger charge is -2.12. The Morgan fingerprint density at radius 3 is 3.24 bits per heavy atom. The molecule has 4 nitrogen and oxygen atoms in total. The van der Waals surface area contributed by atoms with E-state index < -0.39 is 5.97 Å². The van der Waals surface area contributed by atoms with Crippen molar-refractivity contribution in [3.05, 3.63) is 23.2 Å². The molecule has 0 aromatic carbocycles. The first-order valence-electron chi connectivity index (χ1n) is 5.67. The van der Waals surface area contributed by atoms with Crippen molar-refractivity contribution in [2.75, 3.05) is 6.61 Å². The molecule has 2 aromatic heterocycles. The smallest absolute Gasteiger partial charge is 0.352 e. The summed E-state index contributed by atoms with van der Waals surface area (Å²) in [6.07, 6.45) is 2.25. The van der Waals surface area contributed by atoms with Crippen molar-refractivity contribution in [1.29, 1.82) is 0 Å². The van der Waals surface area contributed by atoms with Crippen LogP contribution in [0.1, 0.15) is 23.3 Å². The van der Waals surface area contributed by atoms with E-state index in [-0.39, 0.29) is 6.10 Å². The van der Waals surface area contributed by atoms with Gasteiger partial charge < -0.3 is 14.4 Å². The molecule has 0 bridgehead atoms. The van der Waals surface area contributed by atoms with E-state index >= 15 is 0 Å². The van der Waals surface area contributed by atoms with Crippen LogP contribution in [-0.2, 0) is 11.3 Å². The molecule has 1 aliphatic heterocycles. The fourth-order valence-electron chi connectivity index (χ4n) is 2.33. The van der Waals surface area contributed by atoms with E-state index in [1.54, 1.807) is 17.4 Å². The Labute approximate surface area is 102 Å². The van der Waals surface area contributed by atoms with Gasteiger partial charge in [-0.1, -0.05) is 0 Å². The topological polar surface area (TPSA) is 51.5 Å². The predicted molar refractivity (Wildman–Crippen MR) is 65.7 cm³/mol. The minimum absolute atomic E-state index is 0.158. The lowest BCUT2D eigenvalue weighted by molar-refractivity contribution is 0.0673. The van der Waals surface area contributed by atoms with Gasteiger partial charge in [0.15, 0.2) is 0 Å². The molecule has 0 amide bonds. The molecule has 3 rings (SSSR count). The number of carbonyl (C=O) groups is 1. The fourth-order valence-corrected chi connectivity index (χ4v) is 3.23. The average Bonchev–Trinajstić information content (AvgIpc) is 2.96. The third kappa shape index (κ3) is 1.85. The summed E-state index contributed by atoms with van der Waals surface area (Å²) in [5, 5.41) is 12.2. The summed E-state index contributed by atoms with van der Waals surface area (Å²) in [4.78, 5) is 12.2. The second-order valence-electron chi connectivity index (χ2n) is 4.26. The Morgan fingerprint density at radius 1 is 1.65 bits per heavy atom. The molecule has 1 atom stereocenters. The lowest BCUT2D eigenvalue weighted by atomic mass is 10.2. The van der Waals surface area contributed by atoms with Gasteiger partial charge in [-0.15, -0.1) is 11.3 Å². The zero-order valence-electron chi connectivity index (χ0n) is 9.26. The number of aromatic carboxylic acids is 1. The molecule has 0 spiro atoms. The van der Waals surface area contributed by atoms with Gasteiger partial charge >= 0.3 is 5.97 Å². The Bertz CT molecular complexity index is 551. The minimum Gasteiger partial charge on any atom is -0.477 e. The van der Waals surface area contributed by atoms with E-state index in [1.165, 1.54) is 0 Å². The highest BCUT2D eigenvalue weighted by Gasteiger charge is 2.21. The Morgan fingerprint density at radius 2 is 2.53 bits per heavy atom. The number of aromatic nitrogens is 1.